The van der Waals surface area contributed by atoms with E-state index < -0.39 is 0 Å². The maximum absolute atomic E-state index is 16.8. The molecule has 0 radical (unpaired) electrons. The minimum atomic E-state index is -0.0997. The third-order valence-electron chi connectivity index (χ3n) is 19.0. The lowest BCUT2D eigenvalue weighted by atomic mass is 9.91. The lowest BCUT2D eigenvalue weighted by molar-refractivity contribution is 0.477. The first-order valence-electron chi connectivity index (χ1n) is 31.8. The molecule has 0 aliphatic carbocycles. The van der Waals surface area contributed by atoms with E-state index in [0.29, 0.717) is 33.8 Å². The first-order valence-corrected chi connectivity index (χ1v) is 31.8. The predicted molar refractivity (Wildman–Crippen MR) is 388 cm³/mol. The van der Waals surface area contributed by atoms with Gasteiger partial charge in [0.25, 0.3) is 0 Å². The highest BCUT2D eigenvalue weighted by molar-refractivity contribution is 6.15. The molecule has 7 heteroatoms. The van der Waals surface area contributed by atoms with Gasteiger partial charge in [-0.3, -0.25) is 4.79 Å². The average Bonchev–Trinajstić information content (AvgIpc) is 1.61. The van der Waals surface area contributed by atoms with E-state index in [1.807, 2.05) is 72.8 Å². The molecular formula is C87H54N4O3. The molecule has 15 aromatic carbocycles. The number of fused-ring (bicyclic) bond motifs is 12. The van der Waals surface area contributed by atoms with Crippen molar-refractivity contribution in [2.45, 2.75) is 0 Å². The number of para-hydroxylation sites is 10. The third kappa shape index (κ3) is 8.42. The second-order valence-electron chi connectivity index (χ2n) is 24.3. The van der Waals surface area contributed by atoms with Gasteiger partial charge in [0.05, 0.1) is 50.5 Å². The zero-order valence-electron chi connectivity index (χ0n) is 50.7. The Morgan fingerprint density at radius 1 is 0.223 bits per heavy atom. The molecule has 19 rings (SSSR count). The molecule has 440 valence electrons. The number of hydrogen-bond acceptors (Lipinski definition) is 5. The molecule has 2 aromatic heterocycles. The Morgan fingerprint density at radius 2 is 0.585 bits per heavy atom. The fraction of sp³-hybridized carbons (Fsp3) is 0. The molecule has 0 spiro atoms. The van der Waals surface area contributed by atoms with E-state index in [4.69, 9.17) is 9.47 Å². The average molecular weight is 1200 g/mol. The largest absolute Gasteiger partial charge is 0.453 e. The van der Waals surface area contributed by atoms with Gasteiger partial charge in [0, 0.05) is 54.8 Å². The van der Waals surface area contributed by atoms with Crippen molar-refractivity contribution < 1.29 is 9.47 Å². The molecule has 2 aliphatic heterocycles. The fourth-order valence-electron chi connectivity index (χ4n) is 14.7. The Bertz CT molecular complexity index is 5930. The molecule has 0 saturated heterocycles. The molecule has 7 nitrogen and oxygen atoms in total. The molecule has 0 amide bonds. The van der Waals surface area contributed by atoms with Crippen LogP contribution < -0.4 is 24.7 Å². The second kappa shape index (κ2) is 21.2. The van der Waals surface area contributed by atoms with Gasteiger partial charge < -0.3 is 28.4 Å². The van der Waals surface area contributed by atoms with Gasteiger partial charge in [0.1, 0.15) is 0 Å². The van der Waals surface area contributed by atoms with Crippen molar-refractivity contribution in [2.24, 2.45) is 0 Å². The standard InChI is InChI=1S/C87H54N4O3/c92-87-72-54-71(61-41-45-68-66-43-38-58(56-23-7-2-8-24-56)49-79(66)89(81(68)51-61)63-27-11-4-12-28-63)70(60-40-44-67-65-42-37-57(55-21-5-1-6-22-55)48-78(65)88(80(67)50-60)62-25-9-3-10-26-62)47-59(72)39-46-69-73(87)52-64(90-74-29-13-17-33-83(74)93-84-34-18-14-30-75(84)90)53-82(69)91-76-31-15-19-35-85(76)94-86-36-20-16-32-77(86)91/h1-54H. The molecule has 0 unspecified atom stereocenters. The van der Waals surface area contributed by atoms with Crippen LogP contribution in [0.2, 0.25) is 0 Å². The van der Waals surface area contributed by atoms with Crippen LogP contribution in [0.5, 0.6) is 23.0 Å². The van der Waals surface area contributed by atoms with Gasteiger partial charge in [0.15, 0.2) is 28.4 Å². The van der Waals surface area contributed by atoms with Gasteiger partial charge in [-0.2, -0.15) is 0 Å². The number of nitrogens with zero attached hydrogens (tertiary/aromatic N) is 4. The van der Waals surface area contributed by atoms with Crippen molar-refractivity contribution in [1.82, 2.24) is 9.13 Å². The van der Waals surface area contributed by atoms with Gasteiger partial charge in [0.2, 0.25) is 0 Å². The number of benzene rings is 14. The minimum Gasteiger partial charge on any atom is -0.453 e. The summed E-state index contributed by atoms with van der Waals surface area (Å²) in [5.74, 6) is 2.85. The maximum atomic E-state index is 16.8. The smallest absolute Gasteiger partial charge is 0.194 e. The van der Waals surface area contributed by atoms with Crippen LogP contribution in [0.4, 0.5) is 34.1 Å². The van der Waals surface area contributed by atoms with Crippen LogP contribution in [-0.2, 0) is 0 Å². The zero-order valence-corrected chi connectivity index (χ0v) is 50.7. The van der Waals surface area contributed by atoms with E-state index in [1.54, 1.807) is 0 Å². The molecule has 0 atom stereocenters. The molecular weight excluding hydrogens is 1150 g/mol. The summed E-state index contributed by atoms with van der Waals surface area (Å²) in [6, 6.07) is 116. The van der Waals surface area contributed by atoms with E-state index in [0.717, 1.165) is 144 Å². The van der Waals surface area contributed by atoms with E-state index in [2.05, 4.69) is 274 Å². The predicted octanol–water partition coefficient (Wildman–Crippen LogP) is 23.4. The Hall–Kier alpha value is -12.7. The molecule has 0 saturated carbocycles. The van der Waals surface area contributed by atoms with Crippen LogP contribution >= 0.6 is 0 Å². The van der Waals surface area contributed by atoms with Crippen molar-refractivity contribution in [2.75, 3.05) is 9.80 Å². The summed E-state index contributed by atoms with van der Waals surface area (Å²) in [5, 5.41) is 7.33. The molecule has 4 heterocycles. The van der Waals surface area contributed by atoms with Crippen molar-refractivity contribution >= 4 is 99.3 Å². The molecule has 0 bridgehead atoms. The second-order valence-corrected chi connectivity index (χ2v) is 24.3. The van der Waals surface area contributed by atoms with Crippen LogP contribution in [0.3, 0.4) is 0 Å². The lowest BCUT2D eigenvalue weighted by Gasteiger charge is -2.36. The van der Waals surface area contributed by atoms with E-state index in [9.17, 15) is 0 Å². The van der Waals surface area contributed by atoms with Crippen LogP contribution in [-0.4, -0.2) is 9.13 Å². The summed E-state index contributed by atoms with van der Waals surface area (Å²) in [6.07, 6.45) is 0. The minimum absolute atomic E-state index is 0.0997. The number of ether oxygens (including phenoxy) is 2. The number of aromatic nitrogens is 2. The highest BCUT2D eigenvalue weighted by Gasteiger charge is 2.31. The summed E-state index contributed by atoms with van der Waals surface area (Å²) >= 11 is 0. The third-order valence-corrected chi connectivity index (χ3v) is 19.0. The lowest BCUT2D eigenvalue weighted by Crippen LogP contribution is -2.19. The van der Waals surface area contributed by atoms with Gasteiger partial charge in [-0.1, -0.05) is 206 Å². The molecule has 0 fully saturated rings. The summed E-state index contributed by atoms with van der Waals surface area (Å²) in [7, 11) is 0. The van der Waals surface area contributed by atoms with Crippen LogP contribution in [0.15, 0.2) is 332 Å². The van der Waals surface area contributed by atoms with Crippen molar-refractivity contribution in [3.63, 3.8) is 0 Å². The SMILES string of the molecule is O=c1c2cc(-c3ccc4c5ccc(-c6ccccc6)cc5n(-c5ccccc5)c4c3)c(-c3ccc4c5ccc(-c6ccccc6)cc5n(-c5ccccc5)c4c3)cc2ccc2c(N3c4ccccc4Oc4ccccc43)cc(N3c4ccccc4Oc4ccccc43)cc12. The number of anilines is 6. The first kappa shape index (κ1) is 53.2. The Labute approximate surface area is 541 Å². The van der Waals surface area contributed by atoms with Crippen LogP contribution in [0, 0.1) is 0 Å². The van der Waals surface area contributed by atoms with Gasteiger partial charge in [-0.25, -0.2) is 0 Å². The number of rotatable bonds is 8. The van der Waals surface area contributed by atoms with Gasteiger partial charge in [-0.15, -0.1) is 0 Å². The van der Waals surface area contributed by atoms with E-state index in [-0.39, 0.29) is 5.43 Å². The first-order chi connectivity index (χ1) is 46.5. The van der Waals surface area contributed by atoms with Crippen molar-refractivity contribution in [3.8, 4) is 78.9 Å². The molecule has 2 aliphatic rings. The monoisotopic (exact) mass is 1200 g/mol. The summed E-state index contributed by atoms with van der Waals surface area (Å²) in [4.78, 5) is 21.3. The van der Waals surface area contributed by atoms with E-state index >= 15 is 4.79 Å². The zero-order chi connectivity index (χ0) is 62.0. The normalized spacial score (nSPS) is 12.4. The Kier molecular flexibility index (Phi) is 12.0. The quantitative estimate of drug-likeness (QED) is 0.152. The Morgan fingerprint density at radius 3 is 1.03 bits per heavy atom. The maximum Gasteiger partial charge on any atom is 0.194 e. The highest BCUT2D eigenvalue weighted by atomic mass is 16.5. The van der Waals surface area contributed by atoms with Crippen LogP contribution in [0.1, 0.15) is 0 Å². The van der Waals surface area contributed by atoms with Gasteiger partial charge in [-0.05, 0) is 171 Å². The summed E-state index contributed by atoms with van der Waals surface area (Å²) in [6.45, 7) is 0. The van der Waals surface area contributed by atoms with Crippen LogP contribution in [0.25, 0.3) is 121 Å². The van der Waals surface area contributed by atoms with E-state index in [1.165, 1.54) is 0 Å². The van der Waals surface area contributed by atoms with Crippen molar-refractivity contribution in [1.29, 1.82) is 0 Å². The topological polar surface area (TPSA) is 51.9 Å². The highest BCUT2D eigenvalue weighted by Crippen LogP contribution is 2.56. The number of hydrogen-bond donors (Lipinski definition) is 0. The summed E-state index contributed by atoms with van der Waals surface area (Å²) < 4.78 is 18.1. The molecule has 94 heavy (non-hydrogen) atoms. The van der Waals surface area contributed by atoms with Gasteiger partial charge >= 0.3 is 0 Å². The molecule has 17 aromatic rings. The molecule has 0 N–H and O–H groups in total. The fourth-order valence-corrected chi connectivity index (χ4v) is 14.7. The van der Waals surface area contributed by atoms with Crippen molar-refractivity contribution in [3.05, 3.63) is 338 Å². The Balaban J connectivity index is 0.911. The summed E-state index contributed by atoms with van der Waals surface area (Å²) in [5.41, 5.74) is 19.9.